The zero-order chi connectivity index (χ0) is 14.7. The van der Waals surface area contributed by atoms with Crippen molar-refractivity contribution in [3.05, 3.63) is 56.0 Å². The minimum absolute atomic E-state index is 0.223. The van der Waals surface area contributed by atoms with Crippen LogP contribution in [0.3, 0.4) is 0 Å². The van der Waals surface area contributed by atoms with E-state index in [1.165, 1.54) is 27.5 Å². The lowest BCUT2D eigenvalue weighted by Crippen LogP contribution is -2.22. The third kappa shape index (κ3) is 3.60. The van der Waals surface area contributed by atoms with E-state index in [0.717, 1.165) is 18.5 Å². The molecule has 1 aromatic heterocycles. The van der Waals surface area contributed by atoms with E-state index in [0.29, 0.717) is 5.02 Å². The molecule has 2 aromatic rings. The molecular weight excluding hydrogens is 293 g/mol. The van der Waals surface area contributed by atoms with Crippen molar-refractivity contribution in [2.45, 2.75) is 33.2 Å². The van der Waals surface area contributed by atoms with E-state index in [1.807, 2.05) is 11.3 Å². The molecule has 0 spiro atoms. The summed E-state index contributed by atoms with van der Waals surface area (Å²) in [5, 5.41) is 3.99. The zero-order valence-electron chi connectivity index (χ0n) is 12.0. The van der Waals surface area contributed by atoms with Gasteiger partial charge in [-0.25, -0.2) is 4.39 Å². The van der Waals surface area contributed by atoms with Crippen molar-refractivity contribution >= 4 is 22.9 Å². The predicted molar refractivity (Wildman–Crippen MR) is 85.3 cm³/mol. The van der Waals surface area contributed by atoms with Crippen LogP contribution in [0.1, 0.15) is 33.8 Å². The largest absolute Gasteiger partial charge is 0.309 e. The molecule has 20 heavy (non-hydrogen) atoms. The van der Waals surface area contributed by atoms with E-state index in [9.17, 15) is 4.39 Å². The molecular formula is C16H19ClFNS. The van der Waals surface area contributed by atoms with Crippen LogP contribution in [0, 0.1) is 19.7 Å². The maximum Gasteiger partial charge on any atom is 0.124 e. The van der Waals surface area contributed by atoms with Crippen molar-refractivity contribution in [1.29, 1.82) is 0 Å². The summed E-state index contributed by atoms with van der Waals surface area (Å²) in [6.45, 7) is 7.24. The minimum atomic E-state index is -0.290. The first-order chi connectivity index (χ1) is 9.51. The van der Waals surface area contributed by atoms with E-state index >= 15 is 0 Å². The fourth-order valence-electron chi connectivity index (χ4n) is 2.20. The van der Waals surface area contributed by atoms with Crippen LogP contribution < -0.4 is 5.32 Å². The van der Waals surface area contributed by atoms with Gasteiger partial charge in [0.2, 0.25) is 0 Å². The van der Waals surface area contributed by atoms with Gasteiger partial charge in [0.05, 0.1) is 0 Å². The monoisotopic (exact) mass is 311 g/mol. The molecule has 0 saturated carbocycles. The second kappa shape index (κ2) is 6.70. The van der Waals surface area contributed by atoms with Gasteiger partial charge in [0.15, 0.2) is 0 Å². The molecule has 4 heteroatoms. The molecule has 0 saturated heterocycles. The van der Waals surface area contributed by atoms with Crippen LogP contribution in [0.2, 0.25) is 5.02 Å². The number of halogens is 2. The molecule has 0 radical (unpaired) electrons. The van der Waals surface area contributed by atoms with Crippen LogP contribution >= 0.6 is 22.9 Å². The number of rotatable bonds is 5. The minimum Gasteiger partial charge on any atom is -0.309 e. The number of thiophene rings is 1. The summed E-state index contributed by atoms with van der Waals surface area (Å²) >= 11 is 7.94. The van der Waals surface area contributed by atoms with Crippen LogP contribution in [-0.4, -0.2) is 6.54 Å². The van der Waals surface area contributed by atoms with Crippen molar-refractivity contribution in [2.75, 3.05) is 6.54 Å². The first-order valence-corrected chi connectivity index (χ1v) is 7.95. The summed E-state index contributed by atoms with van der Waals surface area (Å²) < 4.78 is 13.1. The molecule has 1 N–H and O–H groups in total. The Balaban J connectivity index is 2.25. The van der Waals surface area contributed by atoms with Gasteiger partial charge in [-0.1, -0.05) is 24.6 Å². The molecule has 1 atom stereocenters. The molecule has 0 fully saturated rings. The van der Waals surface area contributed by atoms with Crippen LogP contribution in [0.5, 0.6) is 0 Å². The van der Waals surface area contributed by atoms with Gasteiger partial charge in [0.1, 0.15) is 5.82 Å². The van der Waals surface area contributed by atoms with Crippen LogP contribution in [0.25, 0.3) is 0 Å². The lowest BCUT2D eigenvalue weighted by atomic mass is 10.0. The molecule has 0 aliphatic heterocycles. The Morgan fingerprint density at radius 1 is 1.30 bits per heavy atom. The Morgan fingerprint density at radius 2 is 2.05 bits per heavy atom. The number of aryl methyl sites for hydroxylation is 2. The van der Waals surface area contributed by atoms with Crippen LogP contribution in [0.15, 0.2) is 24.3 Å². The molecule has 0 bridgehead atoms. The number of hydrogen-bond donors (Lipinski definition) is 1. The van der Waals surface area contributed by atoms with Crippen molar-refractivity contribution < 1.29 is 4.39 Å². The normalized spacial score (nSPS) is 12.7. The van der Waals surface area contributed by atoms with E-state index in [2.05, 4.69) is 32.2 Å². The van der Waals surface area contributed by atoms with Gasteiger partial charge in [-0.3, -0.25) is 0 Å². The Morgan fingerprint density at radius 3 is 2.60 bits per heavy atom. The van der Waals surface area contributed by atoms with Gasteiger partial charge in [-0.05, 0) is 56.1 Å². The van der Waals surface area contributed by atoms with Crippen LogP contribution in [-0.2, 0) is 6.42 Å². The smallest absolute Gasteiger partial charge is 0.124 e. The van der Waals surface area contributed by atoms with Gasteiger partial charge in [0, 0.05) is 20.8 Å². The van der Waals surface area contributed by atoms with Gasteiger partial charge in [0.25, 0.3) is 0 Å². The first-order valence-electron chi connectivity index (χ1n) is 6.75. The summed E-state index contributed by atoms with van der Waals surface area (Å²) in [6, 6.07) is 7.07. The number of nitrogens with one attached hydrogen (secondary N) is 1. The Hall–Kier alpha value is -0.900. The molecule has 1 heterocycles. The van der Waals surface area contributed by atoms with Gasteiger partial charge >= 0.3 is 0 Å². The molecule has 2 rings (SSSR count). The number of likely N-dealkylation sites (N-methyl/N-ethyl adjacent to an activating group) is 1. The quantitative estimate of drug-likeness (QED) is 0.814. The fraction of sp³-hybridized carbons (Fsp3) is 0.375. The van der Waals surface area contributed by atoms with Gasteiger partial charge in [-0.2, -0.15) is 0 Å². The molecule has 0 amide bonds. The second-order valence-electron chi connectivity index (χ2n) is 4.94. The first kappa shape index (κ1) is 15.5. The Bertz CT molecular complexity index is 575. The summed E-state index contributed by atoms with van der Waals surface area (Å²) in [5.74, 6) is -0.290. The van der Waals surface area contributed by atoms with E-state index in [4.69, 9.17) is 11.6 Å². The summed E-state index contributed by atoms with van der Waals surface area (Å²) in [6.07, 6.45) is 0.770. The average Bonchev–Trinajstić information content (AvgIpc) is 2.72. The SMILES string of the molecule is CCNC(Cc1ccc(F)cc1Cl)c1cc(C)c(C)s1. The predicted octanol–water partition coefficient (Wildman–Crippen LogP) is 5.05. The number of hydrogen-bond acceptors (Lipinski definition) is 2. The molecule has 0 aliphatic carbocycles. The van der Waals surface area contributed by atoms with Crippen molar-refractivity contribution in [3.8, 4) is 0 Å². The summed E-state index contributed by atoms with van der Waals surface area (Å²) in [5.41, 5.74) is 2.29. The second-order valence-corrected chi connectivity index (χ2v) is 6.63. The maximum atomic E-state index is 13.1. The molecule has 1 nitrogen and oxygen atoms in total. The van der Waals surface area contributed by atoms with Crippen LogP contribution in [0.4, 0.5) is 4.39 Å². The summed E-state index contributed by atoms with van der Waals surface area (Å²) in [7, 11) is 0. The van der Waals surface area contributed by atoms with Crippen molar-refractivity contribution in [3.63, 3.8) is 0 Å². The maximum absolute atomic E-state index is 13.1. The highest BCUT2D eigenvalue weighted by atomic mass is 35.5. The molecule has 1 unspecified atom stereocenters. The van der Waals surface area contributed by atoms with Crippen molar-refractivity contribution in [1.82, 2.24) is 5.32 Å². The Kier molecular flexibility index (Phi) is 5.19. The Labute approximate surface area is 128 Å². The van der Waals surface area contributed by atoms with E-state index < -0.39 is 0 Å². The van der Waals surface area contributed by atoms with Gasteiger partial charge in [-0.15, -0.1) is 11.3 Å². The third-order valence-corrected chi connectivity index (χ3v) is 5.04. The average molecular weight is 312 g/mol. The van der Waals surface area contributed by atoms with E-state index in [1.54, 1.807) is 6.07 Å². The third-order valence-electron chi connectivity index (χ3n) is 3.42. The number of benzene rings is 1. The fourth-order valence-corrected chi connectivity index (χ4v) is 3.56. The lowest BCUT2D eigenvalue weighted by molar-refractivity contribution is 0.557. The molecule has 0 aliphatic rings. The van der Waals surface area contributed by atoms with Crippen molar-refractivity contribution in [2.24, 2.45) is 0 Å². The molecule has 1 aromatic carbocycles. The standard InChI is InChI=1S/C16H19ClFNS/c1-4-19-15(16-7-10(2)11(3)20-16)8-12-5-6-13(18)9-14(12)17/h5-7,9,15,19H,4,8H2,1-3H3. The molecule has 108 valence electrons. The highest BCUT2D eigenvalue weighted by Crippen LogP contribution is 2.30. The topological polar surface area (TPSA) is 12.0 Å². The van der Waals surface area contributed by atoms with E-state index in [-0.39, 0.29) is 11.9 Å². The summed E-state index contributed by atoms with van der Waals surface area (Å²) in [4.78, 5) is 2.65. The highest BCUT2D eigenvalue weighted by Gasteiger charge is 2.16. The highest BCUT2D eigenvalue weighted by molar-refractivity contribution is 7.12. The van der Waals surface area contributed by atoms with Gasteiger partial charge < -0.3 is 5.32 Å². The lowest BCUT2D eigenvalue weighted by Gasteiger charge is -2.17. The zero-order valence-corrected chi connectivity index (χ0v) is 13.5.